The number of likely N-dealkylation sites (tertiary alicyclic amines) is 1. The van der Waals surface area contributed by atoms with Gasteiger partial charge in [-0.25, -0.2) is 0 Å². The number of carbonyl (C=O) groups is 2. The molecule has 2 amide bonds. The molecule has 6 heteroatoms. The molecule has 1 N–H and O–H groups in total. The van der Waals surface area contributed by atoms with Gasteiger partial charge in [0.25, 0.3) is 0 Å². The van der Waals surface area contributed by atoms with Gasteiger partial charge in [0, 0.05) is 38.3 Å². The van der Waals surface area contributed by atoms with Crippen LogP contribution in [0.25, 0.3) is 0 Å². The lowest BCUT2D eigenvalue weighted by molar-refractivity contribution is -0.135. The molecule has 27 heavy (non-hydrogen) atoms. The van der Waals surface area contributed by atoms with E-state index in [2.05, 4.69) is 22.2 Å². The molecule has 0 aromatic carbocycles. The van der Waals surface area contributed by atoms with Gasteiger partial charge in [-0.15, -0.1) is 0 Å². The summed E-state index contributed by atoms with van der Waals surface area (Å²) < 4.78 is 0. The van der Waals surface area contributed by atoms with Crippen LogP contribution in [0.15, 0.2) is 0 Å². The van der Waals surface area contributed by atoms with E-state index in [4.69, 9.17) is 0 Å². The molecule has 5 aliphatic rings. The Bertz CT molecular complexity index is 579. The largest absolute Gasteiger partial charge is 0.348 e. The fourth-order valence-corrected chi connectivity index (χ4v) is 5.64. The number of nitrogens with one attached hydrogen (secondary N) is 1. The number of hydrogen-bond donors (Lipinski definition) is 1. The monoisotopic (exact) mass is 374 g/mol. The third-order valence-corrected chi connectivity index (χ3v) is 8.03. The number of hydrogen-bond acceptors (Lipinski definition) is 4. The molecule has 6 nitrogen and oxygen atoms in total. The molecule has 3 aliphatic heterocycles. The van der Waals surface area contributed by atoms with Crippen molar-refractivity contribution >= 4 is 11.8 Å². The van der Waals surface area contributed by atoms with E-state index in [1.807, 2.05) is 4.90 Å². The lowest BCUT2D eigenvalue weighted by Gasteiger charge is -2.41. The molecule has 2 atom stereocenters. The predicted molar refractivity (Wildman–Crippen MR) is 103 cm³/mol. The SMILES string of the molecule is CN(C1CCC1)[C@H]1C[C@H]2C(=O)NC3(CCN(CC4CC4)CC3)CC(=O)N2C1. The Balaban J connectivity index is 1.24. The minimum absolute atomic E-state index is 0.0982. The smallest absolute Gasteiger partial charge is 0.243 e. The molecule has 2 saturated carbocycles. The first-order valence-electron chi connectivity index (χ1n) is 11.1. The van der Waals surface area contributed by atoms with Gasteiger partial charge in [-0.05, 0) is 57.9 Å². The predicted octanol–water partition coefficient (Wildman–Crippen LogP) is 1.20. The lowest BCUT2D eigenvalue weighted by atomic mass is 9.84. The fourth-order valence-electron chi connectivity index (χ4n) is 5.64. The first-order valence-corrected chi connectivity index (χ1v) is 11.1. The molecule has 0 aromatic rings. The van der Waals surface area contributed by atoms with Gasteiger partial charge >= 0.3 is 0 Å². The van der Waals surface area contributed by atoms with Crippen molar-refractivity contribution in [2.75, 3.05) is 33.2 Å². The van der Waals surface area contributed by atoms with Crippen LogP contribution in [0.1, 0.15) is 57.8 Å². The fraction of sp³-hybridized carbons (Fsp3) is 0.905. The molecular formula is C21H34N4O2. The minimum atomic E-state index is -0.298. The maximum absolute atomic E-state index is 13.1. The Kier molecular flexibility index (Phi) is 4.47. The highest BCUT2D eigenvalue weighted by Crippen LogP contribution is 2.36. The first-order chi connectivity index (χ1) is 13.0. The summed E-state index contributed by atoms with van der Waals surface area (Å²) in [6, 6.07) is 0.733. The highest BCUT2D eigenvalue weighted by molar-refractivity contribution is 5.92. The number of fused-ring (bicyclic) bond motifs is 1. The van der Waals surface area contributed by atoms with Gasteiger partial charge in [0.05, 0.1) is 12.0 Å². The zero-order valence-corrected chi connectivity index (χ0v) is 16.7. The molecule has 1 spiro atoms. The Morgan fingerprint density at radius 1 is 1.11 bits per heavy atom. The van der Waals surface area contributed by atoms with E-state index in [9.17, 15) is 9.59 Å². The van der Waals surface area contributed by atoms with E-state index in [-0.39, 0.29) is 23.4 Å². The van der Waals surface area contributed by atoms with Crippen molar-refractivity contribution in [2.24, 2.45) is 5.92 Å². The Morgan fingerprint density at radius 3 is 2.48 bits per heavy atom. The zero-order valence-electron chi connectivity index (χ0n) is 16.7. The van der Waals surface area contributed by atoms with Crippen molar-refractivity contribution in [1.29, 1.82) is 0 Å². The molecule has 0 bridgehead atoms. The zero-order chi connectivity index (χ0) is 18.6. The van der Waals surface area contributed by atoms with Crippen LogP contribution < -0.4 is 5.32 Å². The van der Waals surface area contributed by atoms with Crippen LogP contribution in [0, 0.1) is 5.92 Å². The molecule has 5 rings (SSSR count). The normalized spacial score (nSPS) is 34.5. The molecular weight excluding hydrogens is 340 g/mol. The van der Waals surface area contributed by atoms with Gasteiger partial charge in [-0.1, -0.05) is 6.42 Å². The number of amides is 2. The third kappa shape index (κ3) is 3.39. The van der Waals surface area contributed by atoms with Crippen LogP contribution in [-0.2, 0) is 9.59 Å². The quantitative estimate of drug-likeness (QED) is 0.804. The summed E-state index contributed by atoms with van der Waals surface area (Å²) >= 11 is 0. The summed E-state index contributed by atoms with van der Waals surface area (Å²) in [6.45, 7) is 3.97. The number of nitrogens with zero attached hydrogens (tertiary/aromatic N) is 3. The number of carbonyl (C=O) groups excluding carboxylic acids is 2. The summed E-state index contributed by atoms with van der Waals surface area (Å²) in [5.41, 5.74) is -0.298. The summed E-state index contributed by atoms with van der Waals surface area (Å²) in [6.07, 6.45) is 9.73. The van der Waals surface area contributed by atoms with Crippen molar-refractivity contribution in [2.45, 2.75) is 81.5 Å². The maximum atomic E-state index is 13.1. The van der Waals surface area contributed by atoms with Crippen LogP contribution in [0.2, 0.25) is 0 Å². The highest BCUT2D eigenvalue weighted by Gasteiger charge is 2.50. The van der Waals surface area contributed by atoms with Crippen LogP contribution in [0.4, 0.5) is 0 Å². The molecule has 3 heterocycles. The molecule has 3 saturated heterocycles. The van der Waals surface area contributed by atoms with Crippen molar-refractivity contribution in [3.05, 3.63) is 0 Å². The van der Waals surface area contributed by atoms with Gasteiger partial charge < -0.3 is 15.1 Å². The van der Waals surface area contributed by atoms with Crippen LogP contribution in [0.3, 0.4) is 0 Å². The molecule has 0 radical (unpaired) electrons. The van der Waals surface area contributed by atoms with Crippen molar-refractivity contribution in [3.63, 3.8) is 0 Å². The standard InChI is InChI=1S/C21H34N4O2/c1-23(16-3-2-4-16)17-11-18-20(27)22-21(12-19(26)25(18)14-17)7-9-24(10-8-21)13-15-5-6-15/h15-18H,2-14H2,1H3,(H,22,27)/t17-,18-/m0/s1. The van der Waals surface area contributed by atoms with Gasteiger partial charge in [0.1, 0.15) is 6.04 Å². The molecule has 150 valence electrons. The Morgan fingerprint density at radius 2 is 1.85 bits per heavy atom. The van der Waals surface area contributed by atoms with Gasteiger partial charge in [-0.2, -0.15) is 0 Å². The van der Waals surface area contributed by atoms with Crippen molar-refractivity contribution in [1.82, 2.24) is 20.0 Å². The number of rotatable bonds is 4. The van der Waals surface area contributed by atoms with E-state index in [0.29, 0.717) is 18.5 Å². The summed E-state index contributed by atoms with van der Waals surface area (Å²) in [7, 11) is 2.18. The average Bonchev–Trinajstić information content (AvgIpc) is 3.30. The van der Waals surface area contributed by atoms with E-state index < -0.39 is 0 Å². The van der Waals surface area contributed by atoms with Crippen LogP contribution >= 0.6 is 0 Å². The topological polar surface area (TPSA) is 55.9 Å². The van der Waals surface area contributed by atoms with Gasteiger partial charge in [0.2, 0.25) is 11.8 Å². The summed E-state index contributed by atoms with van der Waals surface area (Å²) in [4.78, 5) is 33.1. The Hall–Kier alpha value is -1.14. The third-order valence-electron chi connectivity index (χ3n) is 8.03. The lowest BCUT2D eigenvalue weighted by Crippen LogP contribution is -2.56. The van der Waals surface area contributed by atoms with Crippen molar-refractivity contribution < 1.29 is 9.59 Å². The maximum Gasteiger partial charge on any atom is 0.243 e. The van der Waals surface area contributed by atoms with E-state index in [1.54, 1.807) is 0 Å². The van der Waals surface area contributed by atoms with Gasteiger partial charge in [0.15, 0.2) is 0 Å². The second kappa shape index (κ2) is 6.73. The molecule has 2 aliphatic carbocycles. The molecule has 0 aromatic heterocycles. The van der Waals surface area contributed by atoms with Crippen LogP contribution in [0.5, 0.6) is 0 Å². The number of likely N-dealkylation sites (N-methyl/N-ethyl adjacent to an activating group) is 1. The van der Waals surface area contributed by atoms with Crippen LogP contribution in [-0.4, -0.2) is 83.4 Å². The summed E-state index contributed by atoms with van der Waals surface area (Å²) in [5, 5.41) is 3.36. The van der Waals surface area contributed by atoms with E-state index in [0.717, 1.165) is 44.8 Å². The first kappa shape index (κ1) is 17.9. The van der Waals surface area contributed by atoms with Gasteiger partial charge in [-0.3, -0.25) is 14.5 Å². The molecule has 0 unspecified atom stereocenters. The second-order valence-electron chi connectivity index (χ2n) is 9.89. The second-order valence-corrected chi connectivity index (χ2v) is 9.89. The highest BCUT2D eigenvalue weighted by atomic mass is 16.2. The summed E-state index contributed by atoms with van der Waals surface area (Å²) in [5.74, 6) is 1.19. The molecule has 5 fully saturated rings. The van der Waals surface area contributed by atoms with E-state index >= 15 is 0 Å². The average molecular weight is 375 g/mol. The number of piperidine rings is 1. The van der Waals surface area contributed by atoms with E-state index in [1.165, 1.54) is 38.6 Å². The van der Waals surface area contributed by atoms with Crippen molar-refractivity contribution in [3.8, 4) is 0 Å². The Labute approximate surface area is 162 Å². The minimum Gasteiger partial charge on any atom is -0.348 e.